The summed E-state index contributed by atoms with van der Waals surface area (Å²) in [6, 6.07) is 8.35. The molecule has 0 fully saturated rings. The molecule has 0 saturated carbocycles. The number of pyridine rings is 1. The number of fused-ring (bicyclic) bond motifs is 1. The summed E-state index contributed by atoms with van der Waals surface area (Å²) >= 11 is 0. The maximum absolute atomic E-state index is 5.86. The van der Waals surface area contributed by atoms with Gasteiger partial charge >= 0.3 is 0 Å². The molecule has 2 heteroatoms. The number of nitrogens with zero attached hydrogens (tertiary/aromatic N) is 1. The predicted octanol–water partition coefficient (Wildman–Crippen LogP) is 2.56. The van der Waals surface area contributed by atoms with Crippen LogP contribution in [0.1, 0.15) is 24.2 Å². The molecule has 2 rings (SSSR count). The molecule has 1 atom stereocenters. The Morgan fingerprint density at radius 1 is 1.29 bits per heavy atom. The highest BCUT2D eigenvalue weighted by atomic mass is 14.8. The van der Waals surface area contributed by atoms with E-state index in [9.17, 15) is 0 Å². The van der Waals surface area contributed by atoms with Crippen molar-refractivity contribution in [3.05, 3.63) is 41.7 Å². The van der Waals surface area contributed by atoms with Gasteiger partial charge in [0.15, 0.2) is 0 Å². The molecule has 2 aromatic rings. The fraction of sp³-hybridized carbons (Fsp3) is 0.250. The molecule has 0 aliphatic rings. The monoisotopic (exact) mass is 186 g/mol. The first kappa shape index (κ1) is 9.16. The van der Waals surface area contributed by atoms with E-state index in [0.717, 1.165) is 11.1 Å². The normalized spacial score (nSPS) is 13.1. The fourth-order valence-electron chi connectivity index (χ4n) is 1.68. The molecule has 2 N–H and O–H groups in total. The van der Waals surface area contributed by atoms with E-state index in [1.807, 2.05) is 19.2 Å². The Morgan fingerprint density at radius 2 is 2.07 bits per heavy atom. The van der Waals surface area contributed by atoms with Crippen LogP contribution in [0.25, 0.3) is 10.8 Å². The van der Waals surface area contributed by atoms with Crippen LogP contribution in [0.4, 0.5) is 0 Å². The molecule has 0 aliphatic carbocycles. The number of aryl methyl sites for hydroxylation is 1. The predicted molar refractivity (Wildman–Crippen MR) is 59.1 cm³/mol. The summed E-state index contributed by atoms with van der Waals surface area (Å²) in [7, 11) is 0. The van der Waals surface area contributed by atoms with Gasteiger partial charge in [-0.25, -0.2) is 0 Å². The fourth-order valence-corrected chi connectivity index (χ4v) is 1.68. The van der Waals surface area contributed by atoms with Crippen molar-refractivity contribution in [1.82, 2.24) is 4.98 Å². The van der Waals surface area contributed by atoms with Crippen LogP contribution >= 0.6 is 0 Å². The largest absolute Gasteiger partial charge is 0.323 e. The van der Waals surface area contributed by atoms with Crippen molar-refractivity contribution in [3.63, 3.8) is 0 Å². The second-order valence-corrected chi connectivity index (χ2v) is 3.71. The maximum atomic E-state index is 5.86. The smallest absolute Gasteiger partial charge is 0.0646 e. The Balaban J connectivity index is 2.75. The van der Waals surface area contributed by atoms with Gasteiger partial charge in [-0.3, -0.25) is 4.98 Å². The molecule has 0 aliphatic heterocycles. The summed E-state index contributed by atoms with van der Waals surface area (Å²) < 4.78 is 0. The summed E-state index contributed by atoms with van der Waals surface area (Å²) in [6.07, 6.45) is 1.82. The molecule has 0 amide bonds. The molecule has 0 saturated heterocycles. The molecular formula is C12H14N2. The highest BCUT2D eigenvalue weighted by Gasteiger charge is 2.05. The van der Waals surface area contributed by atoms with Crippen LogP contribution in [0, 0.1) is 6.92 Å². The van der Waals surface area contributed by atoms with Crippen LogP contribution in [0.15, 0.2) is 30.5 Å². The lowest BCUT2D eigenvalue weighted by atomic mass is 10.0. The van der Waals surface area contributed by atoms with Gasteiger partial charge in [-0.2, -0.15) is 0 Å². The van der Waals surface area contributed by atoms with Gasteiger partial charge < -0.3 is 5.73 Å². The Bertz CT molecular complexity index is 461. The van der Waals surface area contributed by atoms with Crippen LogP contribution < -0.4 is 5.73 Å². The quantitative estimate of drug-likeness (QED) is 0.743. The summed E-state index contributed by atoms with van der Waals surface area (Å²) in [5.41, 5.74) is 8.09. The SMILES string of the molecule is Cc1ccc2c(C(C)N)nccc2c1. The van der Waals surface area contributed by atoms with Crippen molar-refractivity contribution in [2.75, 3.05) is 0 Å². The second kappa shape index (κ2) is 3.39. The molecule has 1 heterocycles. The molecule has 1 aromatic carbocycles. The standard InChI is InChI=1S/C12H14N2/c1-8-3-4-11-10(7-8)5-6-14-12(11)9(2)13/h3-7,9H,13H2,1-2H3. The highest BCUT2D eigenvalue weighted by molar-refractivity contribution is 5.85. The van der Waals surface area contributed by atoms with Gasteiger partial charge in [-0.1, -0.05) is 23.8 Å². The topological polar surface area (TPSA) is 38.9 Å². The minimum atomic E-state index is -0.0126. The van der Waals surface area contributed by atoms with Gasteiger partial charge in [0.1, 0.15) is 0 Å². The van der Waals surface area contributed by atoms with E-state index in [-0.39, 0.29) is 6.04 Å². The van der Waals surface area contributed by atoms with E-state index in [4.69, 9.17) is 5.73 Å². The lowest BCUT2D eigenvalue weighted by molar-refractivity contribution is 0.791. The minimum absolute atomic E-state index is 0.0126. The number of hydrogen-bond donors (Lipinski definition) is 1. The Kier molecular flexibility index (Phi) is 2.22. The first-order valence-corrected chi connectivity index (χ1v) is 4.79. The Labute approximate surface area is 83.8 Å². The second-order valence-electron chi connectivity index (χ2n) is 3.71. The number of aromatic nitrogens is 1. The third-order valence-corrected chi connectivity index (χ3v) is 2.38. The first-order valence-electron chi connectivity index (χ1n) is 4.79. The van der Waals surface area contributed by atoms with Crippen molar-refractivity contribution in [2.45, 2.75) is 19.9 Å². The van der Waals surface area contributed by atoms with Crippen LogP contribution in [-0.2, 0) is 0 Å². The van der Waals surface area contributed by atoms with Crippen molar-refractivity contribution in [1.29, 1.82) is 0 Å². The van der Waals surface area contributed by atoms with Crippen molar-refractivity contribution in [2.24, 2.45) is 5.73 Å². The number of rotatable bonds is 1. The third-order valence-electron chi connectivity index (χ3n) is 2.38. The van der Waals surface area contributed by atoms with Crippen LogP contribution in [0.2, 0.25) is 0 Å². The lowest BCUT2D eigenvalue weighted by Gasteiger charge is -2.08. The average molecular weight is 186 g/mol. The van der Waals surface area contributed by atoms with Gasteiger partial charge in [0.05, 0.1) is 5.69 Å². The molecule has 0 bridgehead atoms. The van der Waals surface area contributed by atoms with Crippen molar-refractivity contribution < 1.29 is 0 Å². The van der Waals surface area contributed by atoms with Crippen LogP contribution in [0.5, 0.6) is 0 Å². The molecule has 1 aromatic heterocycles. The van der Waals surface area contributed by atoms with E-state index in [0.29, 0.717) is 0 Å². The molecule has 72 valence electrons. The highest BCUT2D eigenvalue weighted by Crippen LogP contribution is 2.21. The Morgan fingerprint density at radius 3 is 2.79 bits per heavy atom. The zero-order valence-electron chi connectivity index (χ0n) is 8.49. The maximum Gasteiger partial charge on any atom is 0.0646 e. The van der Waals surface area contributed by atoms with E-state index in [2.05, 4.69) is 30.1 Å². The number of nitrogens with two attached hydrogens (primary N) is 1. The van der Waals surface area contributed by atoms with E-state index in [1.165, 1.54) is 10.9 Å². The molecule has 1 unspecified atom stereocenters. The summed E-state index contributed by atoms with van der Waals surface area (Å²) in [5.74, 6) is 0. The summed E-state index contributed by atoms with van der Waals surface area (Å²) in [6.45, 7) is 4.05. The number of benzene rings is 1. The van der Waals surface area contributed by atoms with Crippen molar-refractivity contribution in [3.8, 4) is 0 Å². The van der Waals surface area contributed by atoms with Crippen LogP contribution in [0.3, 0.4) is 0 Å². The van der Waals surface area contributed by atoms with Gasteiger partial charge in [-0.05, 0) is 25.3 Å². The molecular weight excluding hydrogens is 172 g/mol. The zero-order valence-corrected chi connectivity index (χ0v) is 8.49. The van der Waals surface area contributed by atoms with Crippen LogP contribution in [-0.4, -0.2) is 4.98 Å². The molecule has 0 spiro atoms. The first-order chi connectivity index (χ1) is 6.68. The van der Waals surface area contributed by atoms with Crippen molar-refractivity contribution >= 4 is 10.8 Å². The number of hydrogen-bond acceptors (Lipinski definition) is 2. The molecule has 0 radical (unpaired) electrons. The third kappa shape index (κ3) is 1.49. The Hall–Kier alpha value is -1.41. The molecule has 2 nitrogen and oxygen atoms in total. The van der Waals surface area contributed by atoms with Gasteiger partial charge in [0.2, 0.25) is 0 Å². The van der Waals surface area contributed by atoms with Gasteiger partial charge in [0.25, 0.3) is 0 Å². The summed E-state index contributed by atoms with van der Waals surface area (Å²) in [4.78, 5) is 4.31. The zero-order chi connectivity index (χ0) is 10.1. The summed E-state index contributed by atoms with van der Waals surface area (Å²) in [5, 5.41) is 2.38. The minimum Gasteiger partial charge on any atom is -0.323 e. The van der Waals surface area contributed by atoms with E-state index < -0.39 is 0 Å². The molecule has 14 heavy (non-hydrogen) atoms. The van der Waals surface area contributed by atoms with Gasteiger partial charge in [0, 0.05) is 17.6 Å². The van der Waals surface area contributed by atoms with E-state index in [1.54, 1.807) is 0 Å². The van der Waals surface area contributed by atoms with E-state index >= 15 is 0 Å². The van der Waals surface area contributed by atoms with Gasteiger partial charge in [-0.15, -0.1) is 0 Å². The lowest BCUT2D eigenvalue weighted by Crippen LogP contribution is -2.07. The average Bonchev–Trinajstić information content (AvgIpc) is 2.16.